The molecule has 0 amide bonds. The van der Waals surface area contributed by atoms with Gasteiger partial charge in [-0.3, -0.25) is 0 Å². The van der Waals surface area contributed by atoms with Crippen molar-refractivity contribution >= 4 is 0 Å². The van der Waals surface area contributed by atoms with Crippen LogP contribution in [0.1, 0.15) is 12.8 Å². The first kappa shape index (κ1) is 12.7. The van der Waals surface area contributed by atoms with E-state index in [-0.39, 0.29) is 32.7 Å². The quantitative estimate of drug-likeness (QED) is 0.635. The maximum absolute atomic E-state index is 6.83. The van der Waals surface area contributed by atoms with Crippen molar-refractivity contribution in [2.45, 2.75) is 12.8 Å². The average Bonchev–Trinajstić information content (AvgIpc) is 1.66. The first-order valence-corrected chi connectivity index (χ1v) is 3.06. The number of hydrogen-bond acceptors (Lipinski definition) is 1. The molecule has 0 aliphatic heterocycles. The van der Waals surface area contributed by atoms with Crippen LogP contribution in [0.5, 0.6) is 0 Å². The molecule has 0 aromatic carbocycles. The molecule has 9 heavy (non-hydrogen) atoms. The first-order chi connectivity index (χ1) is 3.77. The second-order valence-corrected chi connectivity index (χ2v) is 2.26. The van der Waals surface area contributed by atoms with Crippen molar-refractivity contribution < 1.29 is 32.7 Å². The van der Waals surface area contributed by atoms with Crippen LogP contribution in [0.15, 0.2) is 0 Å². The number of unbranched alkanes of at least 4 members (excludes halogenated alkanes) is 1. The van der Waals surface area contributed by atoms with Crippen molar-refractivity contribution in [2.75, 3.05) is 27.2 Å². The Labute approximate surface area is 83.0 Å². The molecule has 0 atom stereocenters. The van der Waals surface area contributed by atoms with Gasteiger partial charge in [-0.15, -0.1) is 0 Å². The zero-order valence-electron chi connectivity index (χ0n) is 6.35. The Morgan fingerprint density at radius 3 is 2.11 bits per heavy atom. The van der Waals surface area contributed by atoms with E-state index in [0.29, 0.717) is 6.54 Å². The zero-order chi connectivity index (χ0) is 6.41. The molecule has 0 spiro atoms. The molecule has 0 aromatic heterocycles. The summed E-state index contributed by atoms with van der Waals surface area (Å²) in [7, 11) is 4.12. The van der Waals surface area contributed by atoms with Crippen molar-refractivity contribution in [3.05, 3.63) is 5.73 Å². The van der Waals surface area contributed by atoms with Crippen LogP contribution in [0.3, 0.4) is 0 Å². The Bertz CT molecular complexity index is 48.3. The van der Waals surface area contributed by atoms with E-state index in [0.717, 1.165) is 19.4 Å². The van der Waals surface area contributed by atoms with Gasteiger partial charge in [-0.05, 0) is 27.1 Å². The third-order valence-electron chi connectivity index (χ3n) is 1.03. The Hall–Kier alpha value is 1.02. The normalized spacial score (nSPS) is 9.33. The van der Waals surface area contributed by atoms with E-state index in [1.54, 1.807) is 0 Å². The smallest absolute Gasteiger partial charge is 0 e. The summed E-state index contributed by atoms with van der Waals surface area (Å²) in [6.45, 7) is 1.70. The number of rotatable bonds is 4. The summed E-state index contributed by atoms with van der Waals surface area (Å²) in [5.41, 5.74) is 6.83. The van der Waals surface area contributed by atoms with E-state index in [9.17, 15) is 0 Å². The molecule has 0 saturated heterocycles. The minimum absolute atomic E-state index is 0. The van der Waals surface area contributed by atoms with Crippen molar-refractivity contribution in [3.8, 4) is 0 Å². The van der Waals surface area contributed by atoms with Crippen molar-refractivity contribution in [2.24, 2.45) is 0 Å². The molecule has 53 valence electrons. The molecule has 2 nitrogen and oxygen atoms in total. The molecule has 0 bridgehead atoms. The Kier molecular flexibility index (Phi) is 12.7. The Balaban J connectivity index is 0. The Morgan fingerprint density at radius 2 is 1.78 bits per heavy atom. The SMILES string of the molecule is CN(C)CCCC[NH-].[Y]. The molecule has 0 saturated carbocycles. The van der Waals surface area contributed by atoms with Crippen LogP contribution in [0.4, 0.5) is 0 Å². The summed E-state index contributed by atoms with van der Waals surface area (Å²) in [4.78, 5) is 2.15. The number of hydrogen-bond donors (Lipinski definition) is 0. The van der Waals surface area contributed by atoms with Gasteiger partial charge in [0, 0.05) is 32.7 Å². The predicted octanol–water partition coefficient (Wildman–Crippen LogP) is 1.38. The minimum Gasteiger partial charge on any atom is -0.677 e. The van der Waals surface area contributed by atoms with Crippen LogP contribution in [0, 0.1) is 0 Å². The van der Waals surface area contributed by atoms with E-state index in [4.69, 9.17) is 5.73 Å². The van der Waals surface area contributed by atoms with E-state index < -0.39 is 0 Å². The second-order valence-electron chi connectivity index (χ2n) is 2.26. The summed E-state index contributed by atoms with van der Waals surface area (Å²) >= 11 is 0. The fraction of sp³-hybridized carbons (Fsp3) is 1.00. The van der Waals surface area contributed by atoms with Crippen molar-refractivity contribution in [3.63, 3.8) is 0 Å². The molecule has 0 aliphatic rings. The fourth-order valence-electron chi connectivity index (χ4n) is 0.553. The van der Waals surface area contributed by atoms with Gasteiger partial charge >= 0.3 is 0 Å². The standard InChI is InChI=1S/C6H15N2.Y/c1-8(2)6-4-3-5-7;/h7H,3-6H2,1-2H3;/q-1;. The van der Waals surface area contributed by atoms with Gasteiger partial charge in [-0.2, -0.15) is 6.54 Å². The molecule has 0 heterocycles. The molecular formula is C6H15N2Y-. The number of nitrogens with zero attached hydrogens (tertiary/aromatic N) is 1. The third-order valence-corrected chi connectivity index (χ3v) is 1.03. The third kappa shape index (κ3) is 12.3. The van der Waals surface area contributed by atoms with Crippen LogP contribution in [-0.4, -0.2) is 32.1 Å². The van der Waals surface area contributed by atoms with Gasteiger partial charge in [0.05, 0.1) is 0 Å². The van der Waals surface area contributed by atoms with Crippen LogP contribution >= 0.6 is 0 Å². The summed E-state index contributed by atoms with van der Waals surface area (Å²) in [6.07, 6.45) is 2.20. The number of nitrogens with one attached hydrogen (secondary N) is 1. The van der Waals surface area contributed by atoms with Crippen LogP contribution in [-0.2, 0) is 32.7 Å². The molecular weight excluding hydrogens is 189 g/mol. The molecule has 0 aliphatic carbocycles. The van der Waals surface area contributed by atoms with Crippen LogP contribution in [0.2, 0.25) is 0 Å². The second kappa shape index (κ2) is 9.02. The monoisotopic (exact) mass is 204 g/mol. The summed E-state index contributed by atoms with van der Waals surface area (Å²) < 4.78 is 0. The van der Waals surface area contributed by atoms with Crippen LogP contribution in [0.25, 0.3) is 5.73 Å². The maximum atomic E-state index is 6.83. The molecule has 1 radical (unpaired) electrons. The molecule has 0 aromatic rings. The Morgan fingerprint density at radius 1 is 1.22 bits per heavy atom. The molecule has 0 unspecified atom stereocenters. The van der Waals surface area contributed by atoms with Gasteiger partial charge in [-0.25, -0.2) is 0 Å². The van der Waals surface area contributed by atoms with Gasteiger partial charge in [-0.1, -0.05) is 6.42 Å². The van der Waals surface area contributed by atoms with Gasteiger partial charge in [0.15, 0.2) is 0 Å². The van der Waals surface area contributed by atoms with E-state index >= 15 is 0 Å². The summed E-state index contributed by atoms with van der Waals surface area (Å²) in [6, 6.07) is 0. The molecule has 0 rings (SSSR count). The van der Waals surface area contributed by atoms with Crippen LogP contribution < -0.4 is 0 Å². The van der Waals surface area contributed by atoms with Gasteiger partial charge in [0.1, 0.15) is 0 Å². The molecule has 0 fully saturated rings. The van der Waals surface area contributed by atoms with E-state index in [1.165, 1.54) is 0 Å². The van der Waals surface area contributed by atoms with Gasteiger partial charge in [0.25, 0.3) is 0 Å². The average molecular weight is 204 g/mol. The van der Waals surface area contributed by atoms with Gasteiger partial charge < -0.3 is 10.6 Å². The molecule has 1 N–H and O–H groups in total. The topological polar surface area (TPSA) is 27.0 Å². The van der Waals surface area contributed by atoms with E-state index in [1.807, 2.05) is 0 Å². The van der Waals surface area contributed by atoms with Crippen molar-refractivity contribution in [1.82, 2.24) is 4.90 Å². The van der Waals surface area contributed by atoms with Gasteiger partial charge in [0.2, 0.25) is 0 Å². The molecule has 3 heteroatoms. The summed E-state index contributed by atoms with van der Waals surface area (Å²) in [5, 5.41) is 0. The summed E-state index contributed by atoms with van der Waals surface area (Å²) in [5.74, 6) is 0. The maximum Gasteiger partial charge on any atom is 0 e. The first-order valence-electron chi connectivity index (χ1n) is 3.06. The largest absolute Gasteiger partial charge is 0.677 e. The zero-order valence-corrected chi connectivity index (χ0v) is 9.19. The minimum atomic E-state index is 0. The predicted molar refractivity (Wildman–Crippen MR) is 37.0 cm³/mol. The van der Waals surface area contributed by atoms with E-state index in [2.05, 4.69) is 19.0 Å². The van der Waals surface area contributed by atoms with Crippen molar-refractivity contribution in [1.29, 1.82) is 0 Å². The fourth-order valence-corrected chi connectivity index (χ4v) is 0.553.